The number of carbonyl (C=O) groups excluding carboxylic acids is 1. The summed E-state index contributed by atoms with van der Waals surface area (Å²) in [6.07, 6.45) is 3.23. The van der Waals surface area contributed by atoms with Gasteiger partial charge in [-0.25, -0.2) is 0 Å². The van der Waals surface area contributed by atoms with E-state index >= 15 is 0 Å². The van der Waals surface area contributed by atoms with E-state index in [4.69, 9.17) is 15.6 Å². The second-order valence-corrected chi connectivity index (χ2v) is 5.53. The van der Waals surface area contributed by atoms with Gasteiger partial charge < -0.3 is 25.9 Å². The maximum Gasteiger partial charge on any atom is 0.263 e. The van der Waals surface area contributed by atoms with E-state index in [1.54, 1.807) is 37.7 Å². The Bertz CT molecular complexity index is 1030. The molecular formula is C18H18N4O4. The number of aliphatic hydroxyl groups excluding tert-OH is 1. The van der Waals surface area contributed by atoms with Gasteiger partial charge in [0.25, 0.3) is 11.5 Å². The van der Waals surface area contributed by atoms with Gasteiger partial charge in [-0.15, -0.1) is 0 Å². The molecule has 2 aromatic heterocycles. The molecule has 0 saturated carbocycles. The number of nitrogens with one attached hydrogen (secondary N) is 2. The fourth-order valence-electron chi connectivity index (χ4n) is 2.81. The first-order valence-corrected chi connectivity index (χ1v) is 7.90. The number of anilines is 1. The highest BCUT2D eigenvalue weighted by Crippen LogP contribution is 2.34. The van der Waals surface area contributed by atoms with Gasteiger partial charge in [0.2, 0.25) is 0 Å². The largest absolute Gasteiger partial charge is 0.496 e. The number of hydrogen-bond acceptors (Lipinski definition) is 6. The van der Waals surface area contributed by atoms with Gasteiger partial charge in [0.1, 0.15) is 11.3 Å². The lowest BCUT2D eigenvalue weighted by atomic mass is 10.0. The number of hydrogen-bond donors (Lipinski definition) is 4. The van der Waals surface area contributed by atoms with Crippen molar-refractivity contribution in [1.82, 2.24) is 15.3 Å². The van der Waals surface area contributed by atoms with E-state index in [9.17, 15) is 9.59 Å². The highest BCUT2D eigenvalue weighted by molar-refractivity contribution is 6.09. The minimum Gasteiger partial charge on any atom is -0.496 e. The summed E-state index contributed by atoms with van der Waals surface area (Å²) in [5, 5.41) is 11.8. The number of nitrogens with two attached hydrogens (primary N) is 1. The summed E-state index contributed by atoms with van der Waals surface area (Å²) in [4.78, 5) is 31.5. The van der Waals surface area contributed by atoms with E-state index in [0.29, 0.717) is 27.8 Å². The number of methoxy groups -OCH3 is 1. The van der Waals surface area contributed by atoms with E-state index in [1.165, 1.54) is 0 Å². The Morgan fingerprint density at radius 2 is 2.15 bits per heavy atom. The Kier molecular flexibility index (Phi) is 4.85. The summed E-state index contributed by atoms with van der Waals surface area (Å²) < 4.78 is 5.36. The Morgan fingerprint density at radius 3 is 2.88 bits per heavy atom. The molecule has 0 fully saturated rings. The minimum atomic E-state index is -0.635. The van der Waals surface area contributed by atoms with Crippen molar-refractivity contribution in [3.05, 3.63) is 52.6 Å². The van der Waals surface area contributed by atoms with Gasteiger partial charge >= 0.3 is 0 Å². The number of pyridine rings is 2. The molecule has 0 aliphatic carbocycles. The van der Waals surface area contributed by atoms with Crippen molar-refractivity contribution in [3.63, 3.8) is 0 Å². The molecule has 3 aromatic rings. The lowest BCUT2D eigenvalue weighted by Crippen LogP contribution is -2.32. The third-order valence-corrected chi connectivity index (χ3v) is 4.01. The zero-order chi connectivity index (χ0) is 18.7. The van der Waals surface area contributed by atoms with Crippen molar-refractivity contribution in [1.29, 1.82) is 0 Å². The number of benzene rings is 1. The number of aromatic nitrogens is 2. The van der Waals surface area contributed by atoms with Crippen molar-refractivity contribution in [2.75, 3.05) is 26.0 Å². The highest BCUT2D eigenvalue weighted by Gasteiger charge is 2.19. The number of H-pyrrole nitrogens is 1. The van der Waals surface area contributed by atoms with Crippen molar-refractivity contribution >= 4 is 22.5 Å². The summed E-state index contributed by atoms with van der Waals surface area (Å²) in [6.45, 7) is -0.204. The van der Waals surface area contributed by atoms with Crippen LogP contribution in [0.4, 0.5) is 5.69 Å². The predicted molar refractivity (Wildman–Crippen MR) is 98.2 cm³/mol. The molecule has 0 unspecified atom stereocenters. The van der Waals surface area contributed by atoms with E-state index in [0.717, 1.165) is 0 Å². The van der Waals surface area contributed by atoms with Crippen LogP contribution in [-0.4, -0.2) is 41.2 Å². The van der Waals surface area contributed by atoms with Gasteiger partial charge in [0, 0.05) is 35.5 Å². The van der Waals surface area contributed by atoms with Crippen molar-refractivity contribution < 1.29 is 14.6 Å². The van der Waals surface area contributed by atoms with Gasteiger partial charge in [0.05, 0.1) is 24.9 Å². The third kappa shape index (κ3) is 2.98. The molecule has 5 N–H and O–H groups in total. The maximum absolute atomic E-state index is 12.5. The topological polar surface area (TPSA) is 130 Å². The lowest BCUT2D eigenvalue weighted by molar-refractivity contribution is 0.0944. The summed E-state index contributed by atoms with van der Waals surface area (Å²) in [5.41, 5.74) is 7.26. The average Bonchev–Trinajstić information content (AvgIpc) is 2.66. The minimum absolute atomic E-state index is 0.0304. The van der Waals surface area contributed by atoms with Crippen LogP contribution in [0.2, 0.25) is 0 Å². The van der Waals surface area contributed by atoms with E-state index < -0.39 is 11.5 Å². The van der Waals surface area contributed by atoms with Crippen molar-refractivity contribution in [3.8, 4) is 16.9 Å². The molecule has 134 valence electrons. The van der Waals surface area contributed by atoms with Gasteiger partial charge in [0.15, 0.2) is 0 Å². The average molecular weight is 354 g/mol. The lowest BCUT2D eigenvalue weighted by Gasteiger charge is -2.13. The molecule has 0 saturated heterocycles. The monoisotopic (exact) mass is 354 g/mol. The number of fused-ring (bicyclic) bond motifs is 1. The molecular weight excluding hydrogens is 336 g/mol. The summed E-state index contributed by atoms with van der Waals surface area (Å²) in [7, 11) is 1.55. The number of aliphatic hydroxyl groups is 1. The fourth-order valence-corrected chi connectivity index (χ4v) is 2.81. The van der Waals surface area contributed by atoms with Gasteiger partial charge in [-0.3, -0.25) is 14.6 Å². The smallest absolute Gasteiger partial charge is 0.263 e. The van der Waals surface area contributed by atoms with Crippen LogP contribution in [0.15, 0.2) is 41.5 Å². The van der Waals surface area contributed by atoms with Crippen molar-refractivity contribution in [2.45, 2.75) is 0 Å². The fraction of sp³-hybridized carbons (Fsp3) is 0.167. The zero-order valence-electron chi connectivity index (χ0n) is 14.1. The van der Waals surface area contributed by atoms with E-state index in [2.05, 4.69) is 15.3 Å². The molecule has 1 aromatic carbocycles. The zero-order valence-corrected chi connectivity index (χ0v) is 14.1. The summed E-state index contributed by atoms with van der Waals surface area (Å²) >= 11 is 0. The first-order chi connectivity index (χ1) is 12.6. The molecule has 1 amide bonds. The van der Waals surface area contributed by atoms with Crippen LogP contribution < -0.4 is 21.3 Å². The Hall–Kier alpha value is -3.39. The van der Waals surface area contributed by atoms with E-state index in [1.807, 2.05) is 6.07 Å². The molecule has 8 heteroatoms. The summed E-state index contributed by atoms with van der Waals surface area (Å²) in [5.74, 6) is -0.0410. The number of ether oxygens (including phenoxy) is 1. The molecule has 0 aliphatic heterocycles. The van der Waals surface area contributed by atoms with Crippen LogP contribution >= 0.6 is 0 Å². The Morgan fingerprint density at radius 1 is 1.35 bits per heavy atom. The Labute approximate surface area is 148 Å². The van der Waals surface area contributed by atoms with Crippen molar-refractivity contribution in [2.24, 2.45) is 0 Å². The standard InChI is InChI=1S/C18H18N4O4/c1-26-13-5-6-20-9-12(13)10-3-2-4-11-15(19)14(17(24)21-7-8-23)18(25)22-16(10)11/h2-6,9,23H,7-8H2,1H3,(H,21,24)(H3,19,22,25). The summed E-state index contributed by atoms with van der Waals surface area (Å²) in [6, 6.07) is 7.01. The molecule has 2 heterocycles. The molecule has 0 bridgehead atoms. The van der Waals surface area contributed by atoms with Crippen LogP contribution in [0.5, 0.6) is 5.75 Å². The molecule has 0 aliphatic rings. The van der Waals surface area contributed by atoms with Crippen LogP contribution in [-0.2, 0) is 0 Å². The molecule has 8 nitrogen and oxygen atoms in total. The normalized spacial score (nSPS) is 10.7. The molecule has 26 heavy (non-hydrogen) atoms. The molecule has 3 rings (SSSR count). The number of aromatic amines is 1. The predicted octanol–water partition coefficient (Wildman–Crippen LogP) is 0.903. The third-order valence-electron chi connectivity index (χ3n) is 4.01. The van der Waals surface area contributed by atoms with Crippen LogP contribution in [0, 0.1) is 0 Å². The number of carbonyl (C=O) groups is 1. The second kappa shape index (κ2) is 7.24. The van der Waals surface area contributed by atoms with Gasteiger partial charge in [-0.05, 0) is 6.07 Å². The highest BCUT2D eigenvalue weighted by atomic mass is 16.5. The van der Waals surface area contributed by atoms with Crippen LogP contribution in [0.3, 0.4) is 0 Å². The number of para-hydroxylation sites is 1. The Balaban J connectivity index is 2.24. The van der Waals surface area contributed by atoms with E-state index in [-0.39, 0.29) is 24.4 Å². The first-order valence-electron chi connectivity index (χ1n) is 7.90. The number of nitrogen functional groups attached to an aromatic ring is 1. The van der Waals surface area contributed by atoms with Crippen LogP contribution in [0.1, 0.15) is 10.4 Å². The van der Waals surface area contributed by atoms with Crippen LogP contribution in [0.25, 0.3) is 22.0 Å². The number of rotatable bonds is 5. The molecule has 0 radical (unpaired) electrons. The van der Waals surface area contributed by atoms with Gasteiger partial charge in [-0.1, -0.05) is 18.2 Å². The SMILES string of the molecule is COc1ccncc1-c1cccc2c(N)c(C(=O)NCCO)c(=O)[nH]c12. The second-order valence-electron chi connectivity index (χ2n) is 5.53. The van der Waals surface area contributed by atoms with Gasteiger partial charge in [-0.2, -0.15) is 0 Å². The number of amides is 1. The maximum atomic E-state index is 12.5. The quantitative estimate of drug-likeness (QED) is 0.539. The first kappa shape index (κ1) is 17.4. The molecule has 0 spiro atoms. The molecule has 0 atom stereocenters. The number of nitrogens with zero attached hydrogens (tertiary/aromatic N) is 1.